The molecule has 2 atom stereocenters. The van der Waals surface area contributed by atoms with E-state index in [1.807, 2.05) is 0 Å². The number of hydrogen-bond donors (Lipinski definition) is 2. The molecule has 0 radical (unpaired) electrons. The number of halogens is 2. The fourth-order valence-corrected chi connectivity index (χ4v) is 2.50. The fraction of sp³-hybridized carbons (Fsp3) is 0.500. The second-order valence-electron chi connectivity index (χ2n) is 3.88. The molecule has 0 amide bonds. The quantitative estimate of drug-likeness (QED) is 0.725. The Hall–Kier alpha value is -1.08. The third kappa shape index (κ3) is 3.15. The Morgan fingerprint density at radius 3 is 1.50 bits per heavy atom. The predicted octanol–water partition coefficient (Wildman–Crippen LogP) is 1.97. The molecule has 112 valence electrons. The molecule has 0 fully saturated rings. The van der Waals surface area contributed by atoms with Gasteiger partial charge in [0.25, 0.3) is 0 Å². The van der Waals surface area contributed by atoms with Crippen molar-refractivity contribution in [1.82, 2.24) is 0 Å². The van der Waals surface area contributed by atoms with Crippen LogP contribution in [-0.4, -0.2) is 45.5 Å². The molecule has 1 aliphatic carbocycles. The molecule has 0 spiro atoms. The topological polar surface area (TPSA) is 93.1 Å². The van der Waals surface area contributed by atoms with E-state index in [0.29, 0.717) is 0 Å². The minimum atomic E-state index is -1.90. The van der Waals surface area contributed by atoms with Gasteiger partial charge < -0.3 is 19.7 Å². The first-order valence-electron chi connectivity index (χ1n) is 5.79. The highest BCUT2D eigenvalue weighted by molar-refractivity contribution is 6.33. The van der Waals surface area contributed by atoms with Crippen LogP contribution in [0.15, 0.2) is 23.3 Å². The van der Waals surface area contributed by atoms with Crippen molar-refractivity contribution in [2.24, 2.45) is 0 Å². The smallest absolute Gasteiger partial charge is 0.336 e. The molecular weight excluding hydrogens is 311 g/mol. The summed E-state index contributed by atoms with van der Waals surface area (Å²) in [7, 11) is 0. The molecule has 0 aromatic heterocycles. The van der Waals surface area contributed by atoms with Crippen molar-refractivity contribution in [1.29, 1.82) is 0 Å². The van der Waals surface area contributed by atoms with E-state index in [4.69, 9.17) is 32.7 Å². The first-order valence-corrected chi connectivity index (χ1v) is 6.54. The summed E-state index contributed by atoms with van der Waals surface area (Å²) in [6, 6.07) is 0. The summed E-state index contributed by atoms with van der Waals surface area (Å²) < 4.78 is 10.3. The molecule has 6 nitrogen and oxygen atoms in total. The Balaban J connectivity index is 3.44. The molecule has 2 unspecified atom stereocenters. The van der Waals surface area contributed by atoms with Gasteiger partial charge in [-0.05, 0) is 26.0 Å². The third-order valence-corrected chi connectivity index (χ3v) is 3.41. The second-order valence-corrected chi connectivity index (χ2v) is 5.01. The van der Waals surface area contributed by atoms with Crippen LogP contribution in [0.4, 0.5) is 0 Å². The summed E-state index contributed by atoms with van der Waals surface area (Å²) in [5.74, 6) is -2.75. The molecule has 0 aromatic rings. The summed E-state index contributed by atoms with van der Waals surface area (Å²) in [4.78, 5) is 22.6. The van der Waals surface area contributed by atoms with Gasteiger partial charge in [-0.2, -0.15) is 0 Å². The zero-order chi connectivity index (χ0) is 15.6. The van der Waals surface area contributed by atoms with Gasteiger partial charge in [-0.15, -0.1) is 0 Å². The van der Waals surface area contributed by atoms with Crippen molar-refractivity contribution in [3.05, 3.63) is 23.3 Å². The zero-order valence-electron chi connectivity index (χ0n) is 10.9. The lowest BCUT2D eigenvalue weighted by Crippen LogP contribution is -2.42. The van der Waals surface area contributed by atoms with E-state index >= 15 is 0 Å². The molecule has 0 bridgehead atoms. The van der Waals surface area contributed by atoms with Crippen molar-refractivity contribution < 1.29 is 29.3 Å². The van der Waals surface area contributed by atoms with E-state index in [-0.39, 0.29) is 13.2 Å². The number of ether oxygens (including phenoxy) is 2. The van der Waals surface area contributed by atoms with Crippen LogP contribution in [0.1, 0.15) is 13.8 Å². The summed E-state index contributed by atoms with van der Waals surface area (Å²) in [5.41, 5.74) is -0.788. The monoisotopic (exact) mass is 324 g/mol. The maximum absolute atomic E-state index is 11.3. The molecule has 20 heavy (non-hydrogen) atoms. The SMILES string of the molecule is CCOC1(Cl)C=C(C(=O)O)C(Cl)(OCC)C=C1C(=O)O. The van der Waals surface area contributed by atoms with Gasteiger partial charge in [0, 0.05) is 13.2 Å². The predicted molar refractivity (Wildman–Crippen MR) is 71.9 cm³/mol. The van der Waals surface area contributed by atoms with Crippen LogP contribution in [0.25, 0.3) is 0 Å². The first kappa shape index (κ1) is 17.0. The number of aliphatic carboxylic acids is 2. The third-order valence-electron chi connectivity index (χ3n) is 2.56. The molecule has 0 saturated heterocycles. The van der Waals surface area contributed by atoms with Gasteiger partial charge in [-0.3, -0.25) is 0 Å². The number of carbonyl (C=O) groups is 2. The first-order chi connectivity index (χ1) is 9.20. The van der Waals surface area contributed by atoms with E-state index in [1.165, 1.54) is 0 Å². The summed E-state index contributed by atoms with van der Waals surface area (Å²) >= 11 is 12.2. The van der Waals surface area contributed by atoms with Gasteiger partial charge in [0.05, 0.1) is 11.1 Å². The van der Waals surface area contributed by atoms with E-state index in [9.17, 15) is 19.8 Å². The lowest BCUT2D eigenvalue weighted by Gasteiger charge is -2.35. The minimum Gasteiger partial charge on any atom is -0.478 e. The van der Waals surface area contributed by atoms with E-state index in [1.54, 1.807) is 13.8 Å². The highest BCUT2D eigenvalue weighted by atomic mass is 35.5. The Kier molecular flexibility index (Phi) is 5.21. The molecular formula is C12H14Cl2O6. The van der Waals surface area contributed by atoms with E-state index < -0.39 is 33.2 Å². The Bertz CT molecular complexity index is 442. The largest absolute Gasteiger partial charge is 0.478 e. The van der Waals surface area contributed by atoms with Crippen LogP contribution in [0, 0.1) is 0 Å². The fourth-order valence-electron chi connectivity index (χ4n) is 1.80. The van der Waals surface area contributed by atoms with Crippen molar-refractivity contribution in [2.45, 2.75) is 24.0 Å². The van der Waals surface area contributed by atoms with Crippen LogP contribution in [0.3, 0.4) is 0 Å². The van der Waals surface area contributed by atoms with Crippen molar-refractivity contribution >= 4 is 35.1 Å². The number of alkyl halides is 2. The van der Waals surface area contributed by atoms with Crippen molar-refractivity contribution in [2.75, 3.05) is 13.2 Å². The average molecular weight is 325 g/mol. The normalized spacial score (nSPS) is 29.6. The Morgan fingerprint density at radius 2 is 1.30 bits per heavy atom. The van der Waals surface area contributed by atoms with E-state index in [2.05, 4.69) is 0 Å². The maximum Gasteiger partial charge on any atom is 0.336 e. The Morgan fingerprint density at radius 1 is 1.00 bits per heavy atom. The van der Waals surface area contributed by atoms with Crippen LogP contribution in [-0.2, 0) is 19.1 Å². The highest BCUT2D eigenvalue weighted by Gasteiger charge is 2.48. The molecule has 0 saturated carbocycles. The number of rotatable bonds is 6. The molecule has 1 aliphatic rings. The zero-order valence-corrected chi connectivity index (χ0v) is 12.4. The average Bonchev–Trinajstić information content (AvgIpc) is 2.32. The van der Waals surface area contributed by atoms with Crippen LogP contribution < -0.4 is 0 Å². The summed E-state index contributed by atoms with van der Waals surface area (Å²) in [5, 5.41) is 14.6. The molecule has 2 N–H and O–H groups in total. The van der Waals surface area contributed by atoms with Crippen LogP contribution in [0.5, 0.6) is 0 Å². The van der Waals surface area contributed by atoms with Gasteiger partial charge in [-0.25, -0.2) is 9.59 Å². The van der Waals surface area contributed by atoms with Gasteiger partial charge >= 0.3 is 11.9 Å². The van der Waals surface area contributed by atoms with Crippen molar-refractivity contribution in [3.63, 3.8) is 0 Å². The summed E-state index contributed by atoms with van der Waals surface area (Å²) in [6.07, 6.45) is 1.90. The van der Waals surface area contributed by atoms with Gasteiger partial charge in [0.15, 0.2) is 10.1 Å². The minimum absolute atomic E-state index is 0.0848. The van der Waals surface area contributed by atoms with Crippen molar-refractivity contribution in [3.8, 4) is 0 Å². The standard InChI is InChI=1S/C12H14Cl2O6/c1-3-19-11(13)5-8(10(17)18)12(14,20-4-2)6-7(11)9(15)16/h5-6H,3-4H2,1-2H3,(H,15,16)(H,17,18). The molecule has 0 aromatic carbocycles. The molecule has 0 aliphatic heterocycles. The second kappa shape index (κ2) is 6.13. The molecule has 0 heterocycles. The number of hydrogen-bond acceptors (Lipinski definition) is 4. The summed E-state index contributed by atoms with van der Waals surface area (Å²) in [6.45, 7) is 3.37. The highest BCUT2D eigenvalue weighted by Crippen LogP contribution is 2.42. The van der Waals surface area contributed by atoms with Gasteiger partial charge in [0.1, 0.15) is 0 Å². The van der Waals surface area contributed by atoms with Gasteiger partial charge in [-0.1, -0.05) is 23.2 Å². The molecule has 8 heteroatoms. The molecule has 1 rings (SSSR count). The lowest BCUT2D eigenvalue weighted by molar-refractivity contribution is -0.137. The number of carboxylic acids is 2. The number of carboxylic acid groups (broad SMARTS) is 2. The van der Waals surface area contributed by atoms with Gasteiger partial charge in [0.2, 0.25) is 0 Å². The Labute approximate surface area is 125 Å². The lowest BCUT2D eigenvalue weighted by atomic mass is 9.93. The van der Waals surface area contributed by atoms with Crippen LogP contribution >= 0.6 is 23.2 Å². The van der Waals surface area contributed by atoms with E-state index in [0.717, 1.165) is 12.2 Å². The maximum atomic E-state index is 11.3. The van der Waals surface area contributed by atoms with Crippen LogP contribution in [0.2, 0.25) is 0 Å².